The largest absolute Gasteiger partial charge is 0.457 e. The molecule has 3 rings (SSSR count). The van der Waals surface area contributed by atoms with Crippen LogP contribution < -0.4 is 4.74 Å². The molecule has 0 fully saturated rings. The fourth-order valence-corrected chi connectivity index (χ4v) is 3.48. The first-order chi connectivity index (χ1) is 11.5. The van der Waals surface area contributed by atoms with Crippen LogP contribution in [-0.4, -0.2) is 13.9 Å². The number of aliphatic hydroxyl groups excluding tert-OH is 1. The number of halogens is 1. The smallest absolute Gasteiger partial charge is 0.157 e. The van der Waals surface area contributed by atoms with Gasteiger partial charge in [0.05, 0.1) is 23.5 Å². The molecule has 1 aliphatic carbocycles. The van der Waals surface area contributed by atoms with E-state index in [4.69, 9.17) is 14.6 Å². The molecule has 124 valence electrons. The Labute approximate surface area is 140 Å². The predicted molar refractivity (Wildman–Crippen MR) is 85.4 cm³/mol. The molecule has 24 heavy (non-hydrogen) atoms. The van der Waals surface area contributed by atoms with E-state index in [0.717, 1.165) is 11.6 Å². The number of aliphatic hydroxyl groups is 1. The Morgan fingerprint density at radius 2 is 2.17 bits per heavy atom. The number of hydrogen-bond acceptors (Lipinski definition) is 4. The summed E-state index contributed by atoms with van der Waals surface area (Å²) < 4.78 is 39.4. The zero-order valence-electron chi connectivity index (χ0n) is 12.5. The molecule has 0 saturated carbocycles. The number of benzene rings is 2. The number of nitriles is 1. The lowest BCUT2D eigenvalue weighted by Gasteiger charge is -2.15. The van der Waals surface area contributed by atoms with Gasteiger partial charge in [-0.1, -0.05) is 6.07 Å². The lowest BCUT2D eigenvalue weighted by Crippen LogP contribution is -2.03. The topological polar surface area (TPSA) is 90.5 Å². The van der Waals surface area contributed by atoms with Gasteiger partial charge in [0.1, 0.15) is 17.3 Å². The van der Waals surface area contributed by atoms with Crippen molar-refractivity contribution >= 4 is 11.1 Å². The quantitative estimate of drug-likeness (QED) is 0.829. The van der Waals surface area contributed by atoms with Gasteiger partial charge in [0, 0.05) is 11.6 Å². The van der Waals surface area contributed by atoms with E-state index in [9.17, 15) is 13.7 Å². The van der Waals surface area contributed by atoms with E-state index in [1.807, 2.05) is 6.07 Å². The Kier molecular flexibility index (Phi) is 4.62. The van der Waals surface area contributed by atoms with E-state index in [1.165, 1.54) is 12.1 Å². The van der Waals surface area contributed by atoms with E-state index in [0.29, 0.717) is 29.7 Å². The van der Waals surface area contributed by atoms with Gasteiger partial charge in [-0.25, -0.2) is 8.60 Å². The normalized spacial score (nSPS) is 17.2. The van der Waals surface area contributed by atoms with Crippen molar-refractivity contribution in [2.45, 2.75) is 24.7 Å². The molecule has 0 spiro atoms. The highest BCUT2D eigenvalue weighted by Gasteiger charge is 2.27. The van der Waals surface area contributed by atoms with E-state index in [2.05, 4.69) is 0 Å². The minimum atomic E-state index is -2.01. The average Bonchev–Trinajstić information content (AvgIpc) is 2.91. The molecule has 2 atom stereocenters. The Morgan fingerprint density at radius 1 is 1.38 bits per heavy atom. The van der Waals surface area contributed by atoms with Crippen LogP contribution in [0.4, 0.5) is 4.39 Å². The van der Waals surface area contributed by atoms with Crippen molar-refractivity contribution in [3.8, 4) is 17.6 Å². The predicted octanol–water partition coefficient (Wildman–Crippen LogP) is 3.19. The van der Waals surface area contributed by atoms with Gasteiger partial charge >= 0.3 is 0 Å². The molecule has 0 aliphatic heterocycles. The van der Waals surface area contributed by atoms with Crippen molar-refractivity contribution in [3.05, 3.63) is 58.4 Å². The third-order valence-corrected chi connectivity index (χ3v) is 4.47. The van der Waals surface area contributed by atoms with Crippen molar-refractivity contribution in [3.63, 3.8) is 0 Å². The van der Waals surface area contributed by atoms with E-state index in [-0.39, 0.29) is 17.1 Å². The summed E-state index contributed by atoms with van der Waals surface area (Å²) in [7, 11) is 0. The second kappa shape index (κ2) is 6.69. The van der Waals surface area contributed by atoms with Crippen LogP contribution in [0.15, 0.2) is 30.3 Å². The molecule has 5 nitrogen and oxygen atoms in total. The monoisotopic (exact) mass is 347 g/mol. The molecule has 0 amide bonds. The summed E-state index contributed by atoms with van der Waals surface area (Å²) in [5.41, 5.74) is 2.09. The lowest BCUT2D eigenvalue weighted by molar-refractivity contribution is 0.179. The second-order valence-corrected chi connectivity index (χ2v) is 6.46. The van der Waals surface area contributed by atoms with Crippen molar-refractivity contribution in [1.82, 2.24) is 0 Å². The number of hydrogen-bond donors (Lipinski definition) is 2. The summed E-state index contributed by atoms with van der Waals surface area (Å²) in [6.45, 7) is 0. The summed E-state index contributed by atoms with van der Waals surface area (Å²) in [4.78, 5) is 0. The van der Waals surface area contributed by atoms with Gasteiger partial charge in [-0.2, -0.15) is 5.26 Å². The first-order valence-electron chi connectivity index (χ1n) is 7.26. The maximum Gasteiger partial charge on any atom is 0.157 e. The molecule has 2 aromatic carbocycles. The van der Waals surface area contributed by atoms with Gasteiger partial charge in [0.25, 0.3) is 0 Å². The van der Waals surface area contributed by atoms with Gasteiger partial charge in [-0.3, -0.25) is 0 Å². The number of fused-ring (bicyclic) bond motifs is 1. The van der Waals surface area contributed by atoms with Crippen LogP contribution in [0.1, 0.15) is 34.8 Å². The minimum absolute atomic E-state index is 0.0712. The zero-order valence-corrected chi connectivity index (χ0v) is 13.3. The molecule has 0 saturated heterocycles. The molecule has 1 aliphatic rings. The fraction of sp³-hybridized carbons (Fsp3) is 0.235. The van der Waals surface area contributed by atoms with E-state index in [1.54, 1.807) is 12.1 Å². The molecule has 1 unspecified atom stereocenters. The van der Waals surface area contributed by atoms with Crippen molar-refractivity contribution < 1.29 is 23.0 Å². The summed E-state index contributed by atoms with van der Waals surface area (Å²) in [6.07, 6.45) is 0.329. The van der Waals surface area contributed by atoms with E-state index >= 15 is 0 Å². The summed E-state index contributed by atoms with van der Waals surface area (Å²) in [5, 5.41) is 19.1. The molecule has 0 bridgehead atoms. The first kappa shape index (κ1) is 16.6. The zero-order chi connectivity index (χ0) is 17.3. The third-order valence-electron chi connectivity index (χ3n) is 3.91. The molecule has 0 heterocycles. The SMILES string of the molecule is N#Cc1cc(F)cc(Oc2ccc(CS(=O)O)c3c2CC[C@H]3O)c1. The Bertz CT molecular complexity index is 862. The van der Waals surface area contributed by atoms with Gasteiger partial charge in [-0.05, 0) is 42.2 Å². The van der Waals surface area contributed by atoms with Gasteiger partial charge < -0.3 is 14.4 Å². The first-order valence-corrected chi connectivity index (χ1v) is 8.54. The summed E-state index contributed by atoms with van der Waals surface area (Å²) >= 11 is -2.01. The Balaban J connectivity index is 2.00. The van der Waals surface area contributed by atoms with Crippen LogP contribution in [0.3, 0.4) is 0 Å². The maximum absolute atomic E-state index is 13.5. The van der Waals surface area contributed by atoms with Crippen LogP contribution >= 0.6 is 0 Å². The molecule has 0 aromatic heterocycles. The van der Waals surface area contributed by atoms with Crippen LogP contribution in [-0.2, 0) is 23.3 Å². The second-order valence-electron chi connectivity index (χ2n) is 5.52. The molecule has 2 aromatic rings. The summed E-state index contributed by atoms with van der Waals surface area (Å²) in [5.74, 6) is -0.0109. The Hall–Kier alpha value is -2.27. The van der Waals surface area contributed by atoms with Crippen molar-refractivity contribution in [1.29, 1.82) is 5.26 Å². The van der Waals surface area contributed by atoms with Gasteiger partial charge in [0.2, 0.25) is 0 Å². The van der Waals surface area contributed by atoms with Crippen LogP contribution in [0, 0.1) is 17.1 Å². The number of nitrogens with zero attached hydrogens (tertiary/aromatic N) is 1. The number of rotatable bonds is 4. The number of ether oxygens (including phenoxy) is 1. The van der Waals surface area contributed by atoms with Crippen LogP contribution in [0.5, 0.6) is 11.5 Å². The molecular formula is C17H14FNO4S. The van der Waals surface area contributed by atoms with Gasteiger partial charge in [0.15, 0.2) is 11.1 Å². The highest BCUT2D eigenvalue weighted by atomic mass is 32.2. The molecular weight excluding hydrogens is 333 g/mol. The third kappa shape index (κ3) is 3.31. The van der Waals surface area contributed by atoms with Crippen LogP contribution in [0.25, 0.3) is 0 Å². The average molecular weight is 347 g/mol. The molecule has 7 heteroatoms. The highest BCUT2D eigenvalue weighted by molar-refractivity contribution is 7.78. The molecule has 2 N–H and O–H groups in total. The van der Waals surface area contributed by atoms with Crippen molar-refractivity contribution in [2.24, 2.45) is 0 Å². The standard InChI is InChI=1S/C17H14FNO4S/c18-12-5-10(8-19)6-13(7-12)23-16-4-1-11(9-24(21)22)17-14(16)2-3-15(17)20/h1,4-7,15,20H,2-3,9H2,(H,21,22)/t15-/m1/s1. The summed E-state index contributed by atoms with van der Waals surface area (Å²) in [6, 6.07) is 8.84. The molecule has 0 radical (unpaired) electrons. The highest BCUT2D eigenvalue weighted by Crippen LogP contribution is 2.41. The van der Waals surface area contributed by atoms with Gasteiger partial charge in [-0.15, -0.1) is 0 Å². The Morgan fingerprint density at radius 3 is 2.88 bits per heavy atom. The van der Waals surface area contributed by atoms with E-state index < -0.39 is 23.0 Å². The van der Waals surface area contributed by atoms with Crippen molar-refractivity contribution in [2.75, 3.05) is 0 Å². The fourth-order valence-electron chi connectivity index (χ4n) is 2.96. The minimum Gasteiger partial charge on any atom is -0.457 e. The lowest BCUT2D eigenvalue weighted by atomic mass is 10.0. The maximum atomic E-state index is 13.5. The van der Waals surface area contributed by atoms with Crippen LogP contribution in [0.2, 0.25) is 0 Å².